The first kappa shape index (κ1) is 17.0. The second kappa shape index (κ2) is 7.03. The highest BCUT2D eigenvalue weighted by Crippen LogP contribution is 2.35. The molecule has 3 aromatic rings. The Morgan fingerprint density at radius 1 is 0.926 bits per heavy atom. The maximum atomic E-state index is 5.43. The molecule has 1 aliphatic heterocycles. The Labute approximate surface area is 157 Å². The summed E-state index contributed by atoms with van der Waals surface area (Å²) in [6.07, 6.45) is 3.66. The maximum Gasteiger partial charge on any atom is 0.226 e. The average Bonchev–Trinajstić information content (AvgIpc) is 3.21. The molecule has 0 spiro atoms. The van der Waals surface area contributed by atoms with Gasteiger partial charge in [0.15, 0.2) is 11.5 Å². The molecule has 1 aliphatic rings. The molecule has 0 bridgehead atoms. The maximum absolute atomic E-state index is 5.43. The number of aromatic nitrogens is 3. The number of methoxy groups -OCH3 is 3. The average molecular weight is 364 g/mol. The van der Waals surface area contributed by atoms with Gasteiger partial charge >= 0.3 is 0 Å². The largest absolute Gasteiger partial charge is 0.497 e. The molecule has 0 unspecified atom stereocenters. The molecular weight excluding hydrogens is 344 g/mol. The molecule has 0 saturated heterocycles. The summed E-state index contributed by atoms with van der Waals surface area (Å²) in [5.41, 5.74) is 2.99. The van der Waals surface area contributed by atoms with Crippen LogP contribution in [-0.2, 0) is 0 Å². The molecule has 0 aliphatic carbocycles. The number of benzene rings is 2. The van der Waals surface area contributed by atoms with Crippen molar-refractivity contribution in [3.05, 3.63) is 66.0 Å². The lowest BCUT2D eigenvalue weighted by atomic mass is 10.0. The van der Waals surface area contributed by atoms with Crippen molar-refractivity contribution in [2.45, 2.75) is 6.04 Å². The number of nitrogens with zero attached hydrogens (tertiary/aromatic N) is 3. The zero-order valence-corrected chi connectivity index (χ0v) is 15.3. The number of anilines is 1. The zero-order valence-electron chi connectivity index (χ0n) is 15.3. The van der Waals surface area contributed by atoms with E-state index in [-0.39, 0.29) is 6.04 Å². The van der Waals surface area contributed by atoms with Crippen LogP contribution in [0.5, 0.6) is 17.2 Å². The summed E-state index contributed by atoms with van der Waals surface area (Å²) < 4.78 is 17.9. The molecule has 0 radical (unpaired) electrons. The summed E-state index contributed by atoms with van der Waals surface area (Å²) in [6, 6.07) is 13.7. The van der Waals surface area contributed by atoms with Crippen LogP contribution in [0.3, 0.4) is 0 Å². The first-order valence-corrected chi connectivity index (χ1v) is 8.48. The van der Waals surface area contributed by atoms with Gasteiger partial charge in [0.05, 0.1) is 21.3 Å². The Bertz CT molecular complexity index is 979. The predicted molar refractivity (Wildman–Crippen MR) is 102 cm³/mol. The van der Waals surface area contributed by atoms with Gasteiger partial charge in [-0.3, -0.25) is 0 Å². The third kappa shape index (κ3) is 3.08. The van der Waals surface area contributed by atoms with Crippen LogP contribution in [0, 0.1) is 0 Å². The molecule has 7 nitrogen and oxygen atoms in total. The second-order valence-electron chi connectivity index (χ2n) is 6.02. The standard InChI is InChI=1S/C20H20N4O3/c1-25-15-7-4-13(5-8-15)17-11-16(23-20-21-12-22-24(17)20)14-6-9-18(26-2)19(10-14)27-3/h4-12,17H,1-3H3,(H,21,22,23)/t17-/m0/s1. The SMILES string of the molecule is COc1ccc([C@@H]2C=C(c3ccc(OC)c(OC)c3)Nc3ncnn32)cc1. The third-order valence-corrected chi connectivity index (χ3v) is 4.56. The van der Waals surface area contributed by atoms with E-state index in [9.17, 15) is 0 Å². The number of hydrogen-bond acceptors (Lipinski definition) is 6. The summed E-state index contributed by atoms with van der Waals surface area (Å²) in [5, 5.41) is 7.70. The second-order valence-corrected chi connectivity index (χ2v) is 6.02. The minimum Gasteiger partial charge on any atom is -0.497 e. The van der Waals surface area contributed by atoms with E-state index in [2.05, 4.69) is 21.5 Å². The molecule has 1 N–H and O–H groups in total. The number of ether oxygens (including phenoxy) is 3. The first-order valence-electron chi connectivity index (χ1n) is 8.48. The van der Waals surface area contributed by atoms with E-state index >= 15 is 0 Å². The molecular formula is C20H20N4O3. The van der Waals surface area contributed by atoms with Crippen LogP contribution in [0.15, 0.2) is 54.9 Å². The summed E-state index contributed by atoms with van der Waals surface area (Å²) in [6.45, 7) is 0. The van der Waals surface area contributed by atoms with Crippen LogP contribution >= 0.6 is 0 Å². The van der Waals surface area contributed by atoms with E-state index in [4.69, 9.17) is 14.2 Å². The monoisotopic (exact) mass is 364 g/mol. The molecule has 0 amide bonds. The Morgan fingerprint density at radius 3 is 2.41 bits per heavy atom. The van der Waals surface area contributed by atoms with E-state index in [1.807, 2.05) is 47.1 Å². The Hall–Kier alpha value is -3.48. The zero-order chi connectivity index (χ0) is 18.8. The molecule has 1 atom stereocenters. The van der Waals surface area contributed by atoms with E-state index in [1.165, 1.54) is 0 Å². The van der Waals surface area contributed by atoms with Gasteiger partial charge in [0.1, 0.15) is 18.1 Å². The van der Waals surface area contributed by atoms with Crippen molar-refractivity contribution in [2.24, 2.45) is 0 Å². The minimum absolute atomic E-state index is 0.0854. The van der Waals surface area contributed by atoms with Gasteiger partial charge < -0.3 is 19.5 Å². The van der Waals surface area contributed by atoms with E-state index < -0.39 is 0 Å². The van der Waals surface area contributed by atoms with Gasteiger partial charge in [0.25, 0.3) is 0 Å². The lowest BCUT2D eigenvalue weighted by Crippen LogP contribution is -2.20. The van der Waals surface area contributed by atoms with Crippen molar-refractivity contribution < 1.29 is 14.2 Å². The first-order chi connectivity index (χ1) is 13.2. The lowest BCUT2D eigenvalue weighted by Gasteiger charge is -2.25. The Kier molecular flexibility index (Phi) is 4.42. The van der Waals surface area contributed by atoms with Gasteiger partial charge in [-0.1, -0.05) is 12.1 Å². The molecule has 2 aromatic carbocycles. The highest BCUT2D eigenvalue weighted by molar-refractivity contribution is 5.78. The summed E-state index contributed by atoms with van der Waals surface area (Å²) in [4.78, 5) is 4.34. The quantitative estimate of drug-likeness (QED) is 0.749. The topological polar surface area (TPSA) is 70.4 Å². The van der Waals surface area contributed by atoms with Crippen LogP contribution in [0.25, 0.3) is 5.70 Å². The number of rotatable bonds is 5. The number of nitrogens with one attached hydrogen (secondary N) is 1. The summed E-state index contributed by atoms with van der Waals surface area (Å²) in [7, 11) is 4.91. The summed E-state index contributed by atoms with van der Waals surface area (Å²) >= 11 is 0. The Balaban J connectivity index is 1.76. The van der Waals surface area contributed by atoms with Crippen LogP contribution in [0.4, 0.5) is 5.95 Å². The number of fused-ring (bicyclic) bond motifs is 1. The van der Waals surface area contributed by atoms with Crippen molar-refractivity contribution in [3.8, 4) is 17.2 Å². The minimum atomic E-state index is -0.0854. The van der Waals surface area contributed by atoms with E-state index in [0.717, 1.165) is 22.6 Å². The fourth-order valence-electron chi connectivity index (χ4n) is 3.14. The van der Waals surface area contributed by atoms with Gasteiger partial charge in [-0.05, 0) is 42.0 Å². The fraction of sp³-hybridized carbons (Fsp3) is 0.200. The summed E-state index contributed by atoms with van der Waals surface area (Å²) in [5.74, 6) is 2.86. The molecule has 27 heavy (non-hydrogen) atoms. The van der Waals surface area contributed by atoms with Crippen molar-refractivity contribution in [1.82, 2.24) is 14.8 Å². The van der Waals surface area contributed by atoms with Crippen molar-refractivity contribution >= 4 is 11.6 Å². The molecule has 0 saturated carbocycles. The molecule has 4 rings (SSSR count). The smallest absolute Gasteiger partial charge is 0.226 e. The van der Waals surface area contributed by atoms with Crippen molar-refractivity contribution in [3.63, 3.8) is 0 Å². The molecule has 1 aromatic heterocycles. The van der Waals surface area contributed by atoms with Crippen molar-refractivity contribution in [1.29, 1.82) is 0 Å². The molecule has 7 heteroatoms. The van der Waals surface area contributed by atoms with Gasteiger partial charge in [-0.25, -0.2) is 4.68 Å². The van der Waals surface area contributed by atoms with Gasteiger partial charge in [0, 0.05) is 11.3 Å². The van der Waals surface area contributed by atoms with Crippen molar-refractivity contribution in [2.75, 3.05) is 26.6 Å². The Morgan fingerprint density at radius 2 is 1.70 bits per heavy atom. The third-order valence-electron chi connectivity index (χ3n) is 4.56. The van der Waals surface area contributed by atoms with Gasteiger partial charge in [-0.2, -0.15) is 10.1 Å². The van der Waals surface area contributed by atoms with E-state index in [1.54, 1.807) is 27.7 Å². The van der Waals surface area contributed by atoms with Crippen LogP contribution < -0.4 is 19.5 Å². The predicted octanol–water partition coefficient (Wildman–Crippen LogP) is 3.36. The highest BCUT2D eigenvalue weighted by atomic mass is 16.5. The van der Waals surface area contributed by atoms with Gasteiger partial charge in [-0.15, -0.1) is 0 Å². The molecule has 138 valence electrons. The van der Waals surface area contributed by atoms with Crippen LogP contribution in [-0.4, -0.2) is 36.1 Å². The van der Waals surface area contributed by atoms with E-state index in [0.29, 0.717) is 17.4 Å². The highest BCUT2D eigenvalue weighted by Gasteiger charge is 2.24. The number of allylic oxidation sites excluding steroid dienone is 1. The number of hydrogen-bond donors (Lipinski definition) is 1. The van der Waals surface area contributed by atoms with Crippen LogP contribution in [0.2, 0.25) is 0 Å². The normalized spacial score (nSPS) is 15.4. The lowest BCUT2D eigenvalue weighted by molar-refractivity contribution is 0.355. The van der Waals surface area contributed by atoms with Crippen LogP contribution in [0.1, 0.15) is 17.2 Å². The van der Waals surface area contributed by atoms with Gasteiger partial charge in [0.2, 0.25) is 5.95 Å². The molecule has 0 fully saturated rings. The fourth-order valence-corrected chi connectivity index (χ4v) is 3.14. The molecule has 2 heterocycles.